The number of nitrogens with zero attached hydrogens (tertiary/aromatic N) is 2. The Bertz CT molecular complexity index is 546. The van der Waals surface area contributed by atoms with Crippen molar-refractivity contribution in [1.82, 2.24) is 10.2 Å². The van der Waals surface area contributed by atoms with Gasteiger partial charge in [-0.05, 0) is 46.3 Å². The fourth-order valence-electron chi connectivity index (χ4n) is 1.22. The van der Waals surface area contributed by atoms with Crippen molar-refractivity contribution < 1.29 is 4.79 Å². The molecular weight excluding hydrogens is 350 g/mol. The van der Waals surface area contributed by atoms with Gasteiger partial charge in [0.2, 0.25) is 0 Å². The first-order valence-corrected chi connectivity index (χ1v) is 6.29. The molecule has 1 N–H and O–H groups in total. The maximum absolute atomic E-state index is 12.0. The largest absolute Gasteiger partial charge is 0.305 e. The van der Waals surface area contributed by atoms with Crippen molar-refractivity contribution in [3.8, 4) is 0 Å². The average Bonchev–Trinajstić information content (AvgIpc) is 2.33. The lowest BCUT2D eigenvalue weighted by Crippen LogP contribution is -2.13. The third kappa shape index (κ3) is 3.10. The maximum Gasteiger partial charge on any atom is 0.258 e. The summed E-state index contributed by atoms with van der Waals surface area (Å²) in [6, 6.07) is 8.77. The van der Waals surface area contributed by atoms with E-state index in [-0.39, 0.29) is 5.91 Å². The van der Waals surface area contributed by atoms with E-state index >= 15 is 0 Å². The number of hydrogen-bond acceptors (Lipinski definition) is 3. The highest BCUT2D eigenvalue weighted by atomic mass is 79.9. The molecule has 2 rings (SSSR count). The number of rotatable bonds is 2. The second kappa shape index (κ2) is 5.37. The standard InChI is InChI=1S/C11H7Br2N3O/c12-7-3-4-9(13)8(6-7)11(17)15-10-2-1-5-14-16-10/h1-6H,(H,15,16,17). The zero-order chi connectivity index (χ0) is 12.3. The zero-order valence-electron chi connectivity index (χ0n) is 8.52. The van der Waals surface area contributed by atoms with Gasteiger partial charge in [-0.25, -0.2) is 0 Å². The molecule has 1 heterocycles. The molecule has 1 aromatic carbocycles. The molecule has 86 valence electrons. The highest BCUT2D eigenvalue weighted by Crippen LogP contribution is 2.22. The van der Waals surface area contributed by atoms with Gasteiger partial charge in [0.1, 0.15) is 0 Å². The van der Waals surface area contributed by atoms with Gasteiger partial charge in [-0.1, -0.05) is 15.9 Å². The van der Waals surface area contributed by atoms with Crippen molar-refractivity contribution in [2.24, 2.45) is 0 Å². The monoisotopic (exact) mass is 355 g/mol. The third-order valence-electron chi connectivity index (χ3n) is 1.99. The number of carbonyl (C=O) groups is 1. The molecule has 0 bridgehead atoms. The number of benzene rings is 1. The second-order valence-corrected chi connectivity index (χ2v) is 4.96. The van der Waals surface area contributed by atoms with E-state index in [4.69, 9.17) is 0 Å². The van der Waals surface area contributed by atoms with E-state index in [1.165, 1.54) is 0 Å². The molecular formula is C11H7Br2N3O. The van der Waals surface area contributed by atoms with Crippen LogP contribution in [-0.2, 0) is 0 Å². The normalized spacial score (nSPS) is 10.0. The molecule has 0 spiro atoms. The van der Waals surface area contributed by atoms with Gasteiger partial charge in [-0.15, -0.1) is 5.10 Å². The van der Waals surface area contributed by atoms with Gasteiger partial charge in [0.05, 0.1) is 5.56 Å². The van der Waals surface area contributed by atoms with Crippen LogP contribution >= 0.6 is 31.9 Å². The minimum absolute atomic E-state index is 0.237. The van der Waals surface area contributed by atoms with Crippen molar-refractivity contribution in [3.05, 3.63) is 51.0 Å². The van der Waals surface area contributed by atoms with Crippen molar-refractivity contribution >= 4 is 43.6 Å². The van der Waals surface area contributed by atoms with Gasteiger partial charge in [0.25, 0.3) is 5.91 Å². The van der Waals surface area contributed by atoms with Crippen molar-refractivity contribution in [3.63, 3.8) is 0 Å². The number of anilines is 1. The van der Waals surface area contributed by atoms with E-state index in [0.29, 0.717) is 11.4 Å². The van der Waals surface area contributed by atoms with Gasteiger partial charge in [-0.3, -0.25) is 4.79 Å². The van der Waals surface area contributed by atoms with Crippen LogP contribution in [0.5, 0.6) is 0 Å². The van der Waals surface area contributed by atoms with Crippen molar-refractivity contribution in [2.45, 2.75) is 0 Å². The first kappa shape index (κ1) is 12.2. The summed E-state index contributed by atoms with van der Waals surface area (Å²) in [5.74, 6) is 0.183. The predicted molar refractivity (Wildman–Crippen MR) is 71.8 cm³/mol. The molecule has 0 aliphatic rings. The van der Waals surface area contributed by atoms with E-state index < -0.39 is 0 Å². The summed E-state index contributed by atoms with van der Waals surface area (Å²) in [7, 11) is 0. The summed E-state index contributed by atoms with van der Waals surface area (Å²) in [4.78, 5) is 12.0. The van der Waals surface area contributed by atoms with E-state index in [0.717, 1.165) is 8.95 Å². The quantitative estimate of drug-likeness (QED) is 0.898. The lowest BCUT2D eigenvalue weighted by atomic mass is 10.2. The first-order chi connectivity index (χ1) is 8.16. The van der Waals surface area contributed by atoms with Gasteiger partial charge >= 0.3 is 0 Å². The second-order valence-electron chi connectivity index (χ2n) is 3.19. The van der Waals surface area contributed by atoms with Crippen LogP contribution in [0.1, 0.15) is 10.4 Å². The molecule has 0 aliphatic carbocycles. The van der Waals surface area contributed by atoms with E-state index in [9.17, 15) is 4.79 Å². The van der Waals surface area contributed by atoms with Gasteiger partial charge in [-0.2, -0.15) is 5.10 Å². The number of nitrogens with one attached hydrogen (secondary N) is 1. The molecule has 0 unspecified atom stereocenters. The molecule has 0 fully saturated rings. The summed E-state index contributed by atoms with van der Waals surface area (Å²) in [5.41, 5.74) is 0.532. The molecule has 0 atom stereocenters. The Labute approximate surface area is 115 Å². The molecule has 2 aromatic rings. The summed E-state index contributed by atoms with van der Waals surface area (Å²) < 4.78 is 1.56. The molecule has 0 saturated heterocycles. The van der Waals surface area contributed by atoms with Crippen molar-refractivity contribution in [1.29, 1.82) is 0 Å². The Balaban J connectivity index is 2.23. The zero-order valence-corrected chi connectivity index (χ0v) is 11.7. The van der Waals surface area contributed by atoms with Crippen LogP contribution < -0.4 is 5.32 Å². The molecule has 1 aromatic heterocycles. The fourth-order valence-corrected chi connectivity index (χ4v) is 2.01. The number of carbonyl (C=O) groups excluding carboxylic acids is 1. The topological polar surface area (TPSA) is 54.9 Å². The van der Waals surface area contributed by atoms with E-state index in [2.05, 4.69) is 47.4 Å². The lowest BCUT2D eigenvalue weighted by molar-refractivity contribution is 0.102. The minimum atomic E-state index is -0.237. The summed E-state index contributed by atoms with van der Waals surface area (Å²) in [5, 5.41) is 10.1. The van der Waals surface area contributed by atoms with Crippen LogP contribution in [-0.4, -0.2) is 16.1 Å². The highest BCUT2D eigenvalue weighted by Gasteiger charge is 2.11. The predicted octanol–water partition coefficient (Wildman–Crippen LogP) is 3.25. The molecule has 0 saturated carbocycles. The Morgan fingerprint density at radius 1 is 1.24 bits per heavy atom. The summed E-state index contributed by atoms with van der Waals surface area (Å²) in [6.07, 6.45) is 1.55. The van der Waals surface area contributed by atoms with Crippen LogP contribution in [0.3, 0.4) is 0 Å². The molecule has 17 heavy (non-hydrogen) atoms. The lowest BCUT2D eigenvalue weighted by Gasteiger charge is -2.05. The molecule has 6 heteroatoms. The van der Waals surface area contributed by atoms with Crippen LogP contribution in [0.25, 0.3) is 0 Å². The number of aromatic nitrogens is 2. The minimum Gasteiger partial charge on any atom is -0.305 e. The highest BCUT2D eigenvalue weighted by molar-refractivity contribution is 9.11. The summed E-state index contributed by atoms with van der Waals surface area (Å²) in [6.45, 7) is 0. The SMILES string of the molecule is O=C(Nc1cccnn1)c1cc(Br)ccc1Br. The Hall–Kier alpha value is -1.27. The Morgan fingerprint density at radius 3 is 2.76 bits per heavy atom. The van der Waals surface area contributed by atoms with Gasteiger partial charge in [0, 0.05) is 15.1 Å². The van der Waals surface area contributed by atoms with Gasteiger partial charge < -0.3 is 5.32 Å². The van der Waals surface area contributed by atoms with Crippen LogP contribution in [0, 0.1) is 0 Å². The number of hydrogen-bond donors (Lipinski definition) is 1. The molecule has 0 radical (unpaired) electrons. The Kier molecular flexibility index (Phi) is 3.86. The smallest absolute Gasteiger partial charge is 0.258 e. The number of amides is 1. The van der Waals surface area contributed by atoms with Gasteiger partial charge in [0.15, 0.2) is 5.82 Å². The van der Waals surface area contributed by atoms with Crippen LogP contribution in [0.15, 0.2) is 45.5 Å². The fraction of sp³-hybridized carbons (Fsp3) is 0. The van der Waals surface area contributed by atoms with E-state index in [1.807, 2.05) is 6.07 Å². The maximum atomic E-state index is 12.0. The van der Waals surface area contributed by atoms with Crippen molar-refractivity contribution in [2.75, 3.05) is 5.32 Å². The average molecular weight is 357 g/mol. The molecule has 0 aliphatic heterocycles. The van der Waals surface area contributed by atoms with Crippen LogP contribution in [0.2, 0.25) is 0 Å². The molecule has 4 nitrogen and oxygen atoms in total. The third-order valence-corrected chi connectivity index (χ3v) is 3.17. The summed E-state index contributed by atoms with van der Waals surface area (Å²) >= 11 is 6.65. The molecule has 1 amide bonds. The van der Waals surface area contributed by atoms with E-state index in [1.54, 1.807) is 30.5 Å². The number of halogens is 2. The first-order valence-electron chi connectivity index (χ1n) is 4.71. The Morgan fingerprint density at radius 2 is 2.06 bits per heavy atom. The van der Waals surface area contributed by atoms with Crippen LogP contribution in [0.4, 0.5) is 5.82 Å².